The fourth-order valence-corrected chi connectivity index (χ4v) is 3.02. The zero-order valence-electron chi connectivity index (χ0n) is 9.06. The SMILES string of the molecule is CCCn1cc(C(N)c2cc(Br)cs2)cn1. The van der Waals surface area contributed by atoms with Crippen LogP contribution >= 0.6 is 27.3 Å². The first kappa shape index (κ1) is 11.8. The average molecular weight is 300 g/mol. The highest BCUT2D eigenvalue weighted by Crippen LogP contribution is 2.28. The van der Waals surface area contributed by atoms with Crippen LogP contribution in [-0.4, -0.2) is 9.78 Å². The summed E-state index contributed by atoms with van der Waals surface area (Å²) in [5.41, 5.74) is 7.25. The molecule has 2 aromatic rings. The fourth-order valence-electron chi connectivity index (χ4n) is 1.55. The predicted octanol–water partition coefficient (Wildman–Crippen LogP) is 3.17. The van der Waals surface area contributed by atoms with Gasteiger partial charge in [0.2, 0.25) is 0 Å². The number of aryl methyl sites for hydroxylation is 1. The van der Waals surface area contributed by atoms with Gasteiger partial charge in [0.1, 0.15) is 0 Å². The number of rotatable bonds is 4. The molecule has 0 aliphatic heterocycles. The molecule has 0 aliphatic carbocycles. The molecule has 0 spiro atoms. The van der Waals surface area contributed by atoms with Gasteiger partial charge in [0, 0.05) is 33.0 Å². The number of hydrogen-bond donors (Lipinski definition) is 1. The first-order valence-corrected chi connectivity index (χ1v) is 6.90. The maximum atomic E-state index is 6.18. The van der Waals surface area contributed by atoms with Crippen molar-refractivity contribution in [2.24, 2.45) is 5.73 Å². The maximum absolute atomic E-state index is 6.18. The summed E-state index contributed by atoms with van der Waals surface area (Å²) in [6.07, 6.45) is 4.97. The molecule has 1 unspecified atom stereocenters. The molecule has 2 N–H and O–H groups in total. The molecule has 0 saturated heterocycles. The molecule has 0 aromatic carbocycles. The monoisotopic (exact) mass is 299 g/mol. The van der Waals surface area contributed by atoms with Crippen LogP contribution in [0.15, 0.2) is 28.3 Å². The van der Waals surface area contributed by atoms with Crippen molar-refractivity contribution in [2.75, 3.05) is 0 Å². The quantitative estimate of drug-likeness (QED) is 0.942. The molecule has 0 bridgehead atoms. The molecule has 0 amide bonds. The van der Waals surface area contributed by atoms with Crippen LogP contribution in [0.2, 0.25) is 0 Å². The van der Waals surface area contributed by atoms with E-state index in [1.165, 1.54) is 0 Å². The third-order valence-corrected chi connectivity index (χ3v) is 4.14. The Labute approximate surface area is 107 Å². The molecular formula is C11H14BrN3S. The largest absolute Gasteiger partial charge is 0.320 e. The molecule has 0 radical (unpaired) electrons. The molecule has 2 aromatic heterocycles. The van der Waals surface area contributed by atoms with Crippen molar-refractivity contribution in [2.45, 2.75) is 25.9 Å². The Hall–Kier alpha value is -0.650. The van der Waals surface area contributed by atoms with Gasteiger partial charge in [-0.1, -0.05) is 6.92 Å². The van der Waals surface area contributed by atoms with Crippen molar-refractivity contribution >= 4 is 27.3 Å². The summed E-state index contributed by atoms with van der Waals surface area (Å²) in [6, 6.07) is 1.99. The van der Waals surface area contributed by atoms with Gasteiger partial charge >= 0.3 is 0 Å². The van der Waals surface area contributed by atoms with Crippen molar-refractivity contribution in [3.8, 4) is 0 Å². The molecule has 1 atom stereocenters. The molecule has 2 heterocycles. The van der Waals surface area contributed by atoms with Crippen LogP contribution in [0.3, 0.4) is 0 Å². The number of thiophene rings is 1. The highest BCUT2D eigenvalue weighted by molar-refractivity contribution is 9.10. The van der Waals surface area contributed by atoms with E-state index in [1.807, 2.05) is 22.5 Å². The number of aromatic nitrogens is 2. The van der Waals surface area contributed by atoms with E-state index in [-0.39, 0.29) is 6.04 Å². The number of nitrogens with two attached hydrogens (primary N) is 1. The van der Waals surface area contributed by atoms with Gasteiger partial charge in [0.15, 0.2) is 0 Å². The molecule has 0 saturated carbocycles. The summed E-state index contributed by atoms with van der Waals surface area (Å²) in [5.74, 6) is 0. The van der Waals surface area contributed by atoms with E-state index >= 15 is 0 Å². The highest BCUT2D eigenvalue weighted by Gasteiger charge is 2.12. The Morgan fingerprint density at radius 1 is 1.62 bits per heavy atom. The summed E-state index contributed by atoms with van der Waals surface area (Å²) >= 11 is 5.10. The van der Waals surface area contributed by atoms with Gasteiger partial charge in [-0.05, 0) is 28.4 Å². The number of halogens is 1. The van der Waals surface area contributed by atoms with Gasteiger partial charge in [0.25, 0.3) is 0 Å². The van der Waals surface area contributed by atoms with Crippen molar-refractivity contribution in [1.82, 2.24) is 9.78 Å². The van der Waals surface area contributed by atoms with E-state index < -0.39 is 0 Å². The van der Waals surface area contributed by atoms with Crippen LogP contribution in [-0.2, 0) is 6.54 Å². The Morgan fingerprint density at radius 2 is 2.44 bits per heavy atom. The fraction of sp³-hybridized carbons (Fsp3) is 0.364. The Bertz CT molecular complexity index is 463. The van der Waals surface area contributed by atoms with Crippen LogP contribution in [0.25, 0.3) is 0 Å². The first-order chi connectivity index (χ1) is 7.70. The van der Waals surface area contributed by atoms with Crippen LogP contribution in [0.1, 0.15) is 29.8 Å². The smallest absolute Gasteiger partial charge is 0.0677 e. The summed E-state index contributed by atoms with van der Waals surface area (Å²) in [4.78, 5) is 1.16. The zero-order valence-corrected chi connectivity index (χ0v) is 11.5. The van der Waals surface area contributed by atoms with Gasteiger partial charge in [-0.15, -0.1) is 11.3 Å². The minimum Gasteiger partial charge on any atom is -0.320 e. The summed E-state index contributed by atoms with van der Waals surface area (Å²) in [5, 5.41) is 6.34. The Balaban J connectivity index is 2.17. The van der Waals surface area contributed by atoms with Gasteiger partial charge in [-0.25, -0.2) is 0 Å². The van der Waals surface area contributed by atoms with E-state index in [4.69, 9.17) is 5.73 Å². The maximum Gasteiger partial charge on any atom is 0.0677 e. The Kier molecular flexibility index (Phi) is 3.78. The van der Waals surface area contributed by atoms with E-state index in [9.17, 15) is 0 Å². The van der Waals surface area contributed by atoms with E-state index in [2.05, 4.69) is 34.0 Å². The minimum atomic E-state index is -0.0677. The molecular weight excluding hydrogens is 286 g/mol. The Morgan fingerprint density at radius 3 is 3.06 bits per heavy atom. The second kappa shape index (κ2) is 5.12. The lowest BCUT2D eigenvalue weighted by molar-refractivity contribution is 0.602. The standard InChI is InChI=1S/C11H14BrN3S/c1-2-3-15-6-8(5-14-15)11(13)10-4-9(12)7-16-10/h4-7,11H,2-3,13H2,1H3. The minimum absolute atomic E-state index is 0.0677. The van der Waals surface area contributed by atoms with Crippen LogP contribution in [0.4, 0.5) is 0 Å². The van der Waals surface area contributed by atoms with Crippen molar-refractivity contribution in [3.05, 3.63) is 38.8 Å². The lowest BCUT2D eigenvalue weighted by Crippen LogP contribution is -2.09. The van der Waals surface area contributed by atoms with Crippen LogP contribution in [0.5, 0.6) is 0 Å². The van der Waals surface area contributed by atoms with Gasteiger partial charge in [0.05, 0.1) is 12.2 Å². The van der Waals surface area contributed by atoms with E-state index in [0.29, 0.717) is 0 Å². The van der Waals surface area contributed by atoms with Crippen molar-refractivity contribution in [3.63, 3.8) is 0 Å². The number of hydrogen-bond acceptors (Lipinski definition) is 3. The normalized spacial score (nSPS) is 12.9. The molecule has 0 fully saturated rings. The third kappa shape index (κ3) is 2.53. The average Bonchev–Trinajstić information content (AvgIpc) is 2.87. The second-order valence-corrected chi connectivity index (χ2v) is 5.54. The van der Waals surface area contributed by atoms with Gasteiger partial charge in [-0.3, -0.25) is 4.68 Å². The second-order valence-electron chi connectivity index (χ2n) is 3.68. The summed E-state index contributed by atoms with van der Waals surface area (Å²) < 4.78 is 3.03. The van der Waals surface area contributed by atoms with Crippen molar-refractivity contribution in [1.29, 1.82) is 0 Å². The molecule has 16 heavy (non-hydrogen) atoms. The zero-order chi connectivity index (χ0) is 11.5. The van der Waals surface area contributed by atoms with Crippen LogP contribution < -0.4 is 5.73 Å². The third-order valence-electron chi connectivity index (χ3n) is 2.36. The molecule has 5 heteroatoms. The van der Waals surface area contributed by atoms with Crippen LogP contribution in [0, 0.1) is 0 Å². The molecule has 0 aliphatic rings. The topological polar surface area (TPSA) is 43.8 Å². The molecule has 86 valence electrons. The molecule has 3 nitrogen and oxygen atoms in total. The summed E-state index contributed by atoms with van der Waals surface area (Å²) in [6.45, 7) is 3.08. The van der Waals surface area contributed by atoms with Gasteiger partial charge < -0.3 is 5.73 Å². The van der Waals surface area contributed by atoms with Crippen molar-refractivity contribution < 1.29 is 0 Å². The highest BCUT2D eigenvalue weighted by atomic mass is 79.9. The number of nitrogens with zero attached hydrogens (tertiary/aromatic N) is 2. The first-order valence-electron chi connectivity index (χ1n) is 5.22. The van der Waals surface area contributed by atoms with E-state index in [1.54, 1.807) is 11.3 Å². The van der Waals surface area contributed by atoms with Gasteiger partial charge in [-0.2, -0.15) is 5.10 Å². The lowest BCUT2D eigenvalue weighted by Gasteiger charge is -2.05. The lowest BCUT2D eigenvalue weighted by atomic mass is 10.1. The summed E-state index contributed by atoms with van der Waals surface area (Å²) in [7, 11) is 0. The predicted molar refractivity (Wildman–Crippen MR) is 70.6 cm³/mol. The molecule has 2 rings (SSSR count). The van der Waals surface area contributed by atoms with E-state index in [0.717, 1.165) is 27.9 Å².